The summed E-state index contributed by atoms with van der Waals surface area (Å²) >= 11 is 0. The lowest BCUT2D eigenvalue weighted by Gasteiger charge is -2.19. The van der Waals surface area contributed by atoms with Crippen LogP contribution in [0.2, 0.25) is 0 Å². The van der Waals surface area contributed by atoms with Gasteiger partial charge in [-0.3, -0.25) is 0 Å². The Hall–Kier alpha value is -4.53. The molecule has 1 aromatic heterocycles. The molecule has 0 saturated carbocycles. The lowest BCUT2D eigenvalue weighted by Crippen LogP contribution is -2.36. The van der Waals surface area contributed by atoms with Crippen LogP contribution in [0.1, 0.15) is 39.0 Å². The van der Waals surface area contributed by atoms with Gasteiger partial charge in [0.05, 0.1) is 27.6 Å². The number of rotatable bonds is 15. The van der Waals surface area contributed by atoms with Gasteiger partial charge in [-0.25, -0.2) is 8.42 Å². The number of hydrogen-bond donors (Lipinski definition) is 1. The summed E-state index contributed by atoms with van der Waals surface area (Å²) in [6.45, 7) is 4.70. The number of hydrogen-bond acceptors (Lipinski definition) is 10. The van der Waals surface area contributed by atoms with Crippen LogP contribution in [0, 0.1) is 0 Å². The van der Waals surface area contributed by atoms with Crippen molar-refractivity contribution in [3.05, 3.63) is 108 Å². The zero-order valence-corrected chi connectivity index (χ0v) is 29.5. The Morgan fingerprint density at radius 1 is 0.900 bits per heavy atom. The Morgan fingerprint density at radius 2 is 1.64 bits per heavy atom. The van der Waals surface area contributed by atoms with Gasteiger partial charge in [0.15, 0.2) is 12.3 Å². The third-order valence-electron chi connectivity index (χ3n) is 8.34. The summed E-state index contributed by atoms with van der Waals surface area (Å²) in [4.78, 5) is 1.89. The molecule has 11 nitrogen and oxygen atoms in total. The summed E-state index contributed by atoms with van der Waals surface area (Å²) in [6, 6.07) is 27.7. The molecule has 1 aliphatic heterocycles. The van der Waals surface area contributed by atoms with Gasteiger partial charge in [0.2, 0.25) is 11.5 Å². The highest BCUT2D eigenvalue weighted by atomic mass is 32.2. The van der Waals surface area contributed by atoms with Crippen molar-refractivity contribution >= 4 is 53.9 Å². The number of fused-ring (bicyclic) bond motifs is 3. The molecule has 0 aliphatic carbocycles. The van der Waals surface area contributed by atoms with Crippen LogP contribution < -0.4 is 19.7 Å². The molecule has 5 aromatic rings. The molecule has 50 heavy (non-hydrogen) atoms. The molecule has 0 radical (unpaired) electrons. The number of ether oxygens (including phenoxy) is 1. The summed E-state index contributed by atoms with van der Waals surface area (Å²) in [5.41, 5.74) is 7.49. The predicted octanol–water partition coefficient (Wildman–Crippen LogP) is 6.27. The van der Waals surface area contributed by atoms with E-state index in [4.69, 9.17) is 13.4 Å². The first-order valence-corrected chi connectivity index (χ1v) is 19.7. The molecular weight excluding hydrogens is 679 g/mol. The van der Waals surface area contributed by atoms with Crippen LogP contribution in [0.5, 0.6) is 5.75 Å². The lowest BCUT2D eigenvalue weighted by atomic mass is 10.0. The fourth-order valence-electron chi connectivity index (χ4n) is 5.93. The average molecular weight is 718 g/mol. The van der Waals surface area contributed by atoms with E-state index in [2.05, 4.69) is 5.48 Å². The number of nitrogens with one attached hydrogen (secondary N) is 1. The molecule has 262 valence electrons. The average Bonchev–Trinajstić information content (AvgIpc) is 3.61. The maximum Gasteiger partial charge on any atom is 0.374 e. The normalized spacial score (nSPS) is 14.5. The minimum atomic E-state index is -4.40. The second-order valence-corrected chi connectivity index (χ2v) is 15.1. The van der Waals surface area contributed by atoms with Crippen molar-refractivity contribution < 1.29 is 39.4 Å². The van der Waals surface area contributed by atoms with Crippen LogP contribution in [0.4, 0.5) is 5.69 Å². The molecule has 13 heteroatoms. The quantitative estimate of drug-likeness (QED) is 0.0748. The molecule has 0 spiro atoms. The molecular formula is C37H39N3O8S2. The van der Waals surface area contributed by atoms with Gasteiger partial charge < -0.3 is 18.6 Å². The molecule has 2 heterocycles. The van der Waals surface area contributed by atoms with Crippen LogP contribution in [-0.4, -0.2) is 46.0 Å². The fourth-order valence-corrected chi connectivity index (χ4v) is 7.27. The molecule has 4 aromatic carbocycles. The molecule has 0 unspecified atom stereocenters. The number of nitrogens with zero attached hydrogens (tertiary/aromatic N) is 2. The van der Waals surface area contributed by atoms with Crippen molar-refractivity contribution in [3.8, 4) is 16.9 Å². The molecule has 0 bridgehead atoms. The molecule has 6 rings (SSSR count). The first kappa shape index (κ1) is 35.3. The van der Waals surface area contributed by atoms with Crippen molar-refractivity contribution in [2.24, 2.45) is 0 Å². The van der Waals surface area contributed by atoms with E-state index in [1.54, 1.807) is 6.92 Å². The van der Waals surface area contributed by atoms with Crippen LogP contribution >= 0.6 is 0 Å². The van der Waals surface area contributed by atoms with Gasteiger partial charge in [-0.1, -0.05) is 74.5 Å². The number of allylic oxidation sites excluding steroid dienone is 2. The zero-order valence-electron chi connectivity index (χ0n) is 27.9. The van der Waals surface area contributed by atoms with E-state index in [0.717, 1.165) is 38.7 Å². The van der Waals surface area contributed by atoms with Gasteiger partial charge in [-0.2, -0.15) is 22.7 Å². The monoisotopic (exact) mass is 717 g/mol. The van der Waals surface area contributed by atoms with E-state index in [1.165, 1.54) is 0 Å². The van der Waals surface area contributed by atoms with Crippen molar-refractivity contribution in [1.82, 2.24) is 5.48 Å². The van der Waals surface area contributed by atoms with Gasteiger partial charge >= 0.3 is 5.89 Å². The Kier molecular flexibility index (Phi) is 10.7. The highest BCUT2D eigenvalue weighted by Crippen LogP contribution is 2.42. The van der Waals surface area contributed by atoms with E-state index < -0.39 is 26.0 Å². The smallest absolute Gasteiger partial charge is 0.374 e. The summed E-state index contributed by atoms with van der Waals surface area (Å²) in [5, 5.41) is 2.03. The van der Waals surface area contributed by atoms with Gasteiger partial charge in [-0.05, 0) is 58.5 Å². The van der Waals surface area contributed by atoms with Crippen LogP contribution in [0.15, 0.2) is 107 Å². The summed E-state index contributed by atoms with van der Waals surface area (Å²) < 4.78 is 78.8. The predicted molar refractivity (Wildman–Crippen MR) is 192 cm³/mol. The third kappa shape index (κ3) is 8.42. The Balaban J connectivity index is 1.37. The fraction of sp³-hybridized carbons (Fsp3) is 0.270. The van der Waals surface area contributed by atoms with E-state index in [0.29, 0.717) is 42.6 Å². The molecule has 0 fully saturated rings. The van der Waals surface area contributed by atoms with E-state index in [9.17, 15) is 21.4 Å². The van der Waals surface area contributed by atoms with Crippen LogP contribution in [0.3, 0.4) is 0 Å². The number of aromatic nitrogens is 1. The summed E-state index contributed by atoms with van der Waals surface area (Å²) in [7, 11) is -8.17. The van der Waals surface area contributed by atoms with Gasteiger partial charge in [-0.15, -0.1) is 0 Å². The second-order valence-electron chi connectivity index (χ2n) is 11.9. The maximum absolute atomic E-state index is 12.4. The van der Waals surface area contributed by atoms with Crippen molar-refractivity contribution in [2.75, 3.05) is 29.5 Å². The molecule has 0 saturated heterocycles. The highest BCUT2D eigenvalue weighted by molar-refractivity contribution is 7.86. The minimum absolute atomic E-state index is 0.115. The summed E-state index contributed by atoms with van der Waals surface area (Å²) in [6.07, 6.45) is 4.77. The van der Waals surface area contributed by atoms with Crippen molar-refractivity contribution in [2.45, 2.75) is 39.7 Å². The first-order chi connectivity index (χ1) is 24.0. The Morgan fingerprint density at radius 3 is 2.36 bits per heavy atom. The number of oxazole rings is 1. The standard InChI is InChI=1S/C37H39N3O8S2/c1-3-27(22-36-39(18-10-20-49(41,42)43)32-25-31(16-17-34(32)46-36)28-12-6-5-7-13-28)23-37-40(19-11-21-50(44,45)48-38-4-2)33-24-29-14-8-9-15-30(29)26-35(33)47-37/h5-9,12-17,22-26,38H,3-4,10-11,18-21H2,1-2H3. The second kappa shape index (κ2) is 15.2. The molecule has 0 amide bonds. The van der Waals surface area contributed by atoms with Gasteiger partial charge in [0.25, 0.3) is 15.6 Å². The maximum atomic E-state index is 12.4. The number of anilines is 1. The van der Waals surface area contributed by atoms with E-state index in [-0.39, 0.29) is 25.1 Å². The molecule has 0 atom stereocenters. The number of hydroxylamine groups is 1. The Labute approximate surface area is 292 Å². The van der Waals surface area contributed by atoms with E-state index >= 15 is 0 Å². The summed E-state index contributed by atoms with van der Waals surface area (Å²) in [5.74, 6) is 0.944. The molecule has 1 aliphatic rings. The van der Waals surface area contributed by atoms with Crippen molar-refractivity contribution in [3.63, 3.8) is 0 Å². The third-order valence-corrected chi connectivity index (χ3v) is 10.3. The first-order valence-electron chi connectivity index (χ1n) is 16.5. The van der Waals surface area contributed by atoms with Gasteiger partial charge in [0, 0.05) is 37.4 Å². The Bertz CT molecular complexity index is 2280. The highest BCUT2D eigenvalue weighted by Gasteiger charge is 2.28. The molecule has 1 N–H and O–H groups in total. The SMILES string of the molecule is CCNOS(=O)(=O)CCC[n+]1c(/C=C(/C=C2\Oc3ccc(-c4ccccc4)cc3N2CCCS(=O)(=O)[O-])CC)oc2cc3ccccc3cc21. The van der Waals surface area contributed by atoms with Gasteiger partial charge in [0.1, 0.15) is 0 Å². The number of aryl methyl sites for hydroxylation is 1. The topological polar surface area (TPSA) is 142 Å². The van der Waals surface area contributed by atoms with Crippen LogP contribution in [-0.2, 0) is 31.1 Å². The van der Waals surface area contributed by atoms with Crippen LogP contribution in [0.25, 0.3) is 39.1 Å². The van der Waals surface area contributed by atoms with Crippen molar-refractivity contribution in [1.29, 1.82) is 0 Å². The number of benzene rings is 4. The van der Waals surface area contributed by atoms with E-state index in [1.807, 2.05) is 113 Å². The zero-order chi connectivity index (χ0) is 35.3. The minimum Gasteiger partial charge on any atom is -0.748 e. The lowest BCUT2D eigenvalue weighted by molar-refractivity contribution is -0.677. The largest absolute Gasteiger partial charge is 0.748 e.